The molecule has 4 heteroatoms. The maximum Gasteiger partial charge on any atom is 0.238 e. The molecule has 1 amide bonds. The van der Waals surface area contributed by atoms with Gasteiger partial charge >= 0.3 is 0 Å². The Hall–Kier alpha value is -0.870. The van der Waals surface area contributed by atoms with Crippen LogP contribution in [0, 0.1) is 5.92 Å². The second-order valence-electron chi connectivity index (χ2n) is 5.06. The van der Waals surface area contributed by atoms with Gasteiger partial charge in [-0.05, 0) is 47.3 Å². The highest BCUT2D eigenvalue weighted by molar-refractivity contribution is 9.10. The maximum atomic E-state index is 11.8. The van der Waals surface area contributed by atoms with Crippen LogP contribution in [0.1, 0.15) is 33.6 Å². The summed E-state index contributed by atoms with van der Waals surface area (Å²) in [6.45, 7) is 6.90. The van der Waals surface area contributed by atoms with E-state index in [4.69, 9.17) is 0 Å². The van der Waals surface area contributed by atoms with Crippen molar-refractivity contribution in [1.29, 1.82) is 0 Å². The molecular formula is C15H23BrN2O. The van der Waals surface area contributed by atoms with E-state index in [0.29, 0.717) is 18.5 Å². The third-order valence-corrected chi connectivity index (χ3v) is 3.90. The van der Waals surface area contributed by atoms with Crippen molar-refractivity contribution in [1.82, 2.24) is 5.32 Å². The fourth-order valence-electron chi connectivity index (χ4n) is 1.88. The van der Waals surface area contributed by atoms with Crippen LogP contribution < -0.4 is 10.6 Å². The Bertz CT molecular complexity index is 409. The molecule has 0 heterocycles. The van der Waals surface area contributed by atoms with Gasteiger partial charge in [-0.3, -0.25) is 4.79 Å². The molecule has 1 aromatic rings. The van der Waals surface area contributed by atoms with E-state index in [1.165, 1.54) is 6.42 Å². The third-order valence-electron chi connectivity index (χ3n) is 3.21. The summed E-state index contributed by atoms with van der Waals surface area (Å²) in [5, 5.41) is 6.14. The van der Waals surface area contributed by atoms with Crippen LogP contribution in [0.5, 0.6) is 0 Å². The van der Waals surface area contributed by atoms with E-state index in [1.54, 1.807) is 0 Å². The van der Waals surface area contributed by atoms with Gasteiger partial charge in [-0.1, -0.05) is 32.4 Å². The molecule has 0 aliphatic heterocycles. The number of halogens is 1. The lowest BCUT2D eigenvalue weighted by Crippen LogP contribution is -2.35. The highest BCUT2D eigenvalue weighted by atomic mass is 79.9. The average molecular weight is 327 g/mol. The quantitative estimate of drug-likeness (QED) is 0.800. The van der Waals surface area contributed by atoms with Crippen molar-refractivity contribution in [3.05, 3.63) is 28.7 Å². The van der Waals surface area contributed by atoms with E-state index >= 15 is 0 Å². The van der Waals surface area contributed by atoms with Gasteiger partial charge in [-0.2, -0.15) is 0 Å². The Balaban J connectivity index is 2.34. The van der Waals surface area contributed by atoms with Gasteiger partial charge in [0, 0.05) is 10.5 Å². The van der Waals surface area contributed by atoms with Crippen molar-refractivity contribution in [2.24, 2.45) is 5.92 Å². The van der Waals surface area contributed by atoms with Crippen LogP contribution in [-0.2, 0) is 4.79 Å². The molecule has 3 nitrogen and oxygen atoms in total. The van der Waals surface area contributed by atoms with Crippen molar-refractivity contribution in [3.63, 3.8) is 0 Å². The molecule has 0 aromatic heterocycles. The van der Waals surface area contributed by atoms with Gasteiger partial charge in [-0.15, -0.1) is 0 Å². The summed E-state index contributed by atoms with van der Waals surface area (Å²) < 4.78 is 0.899. The van der Waals surface area contributed by atoms with Crippen LogP contribution in [0.2, 0.25) is 0 Å². The van der Waals surface area contributed by atoms with Crippen LogP contribution >= 0.6 is 15.9 Å². The van der Waals surface area contributed by atoms with Crippen molar-refractivity contribution < 1.29 is 4.79 Å². The normalized spacial score (nSPS) is 13.9. The first kappa shape index (κ1) is 16.2. The second kappa shape index (κ2) is 8.33. The molecule has 0 bridgehead atoms. The number of hydrogen-bond acceptors (Lipinski definition) is 2. The van der Waals surface area contributed by atoms with Gasteiger partial charge < -0.3 is 10.6 Å². The number of anilines is 1. The number of benzene rings is 1. The minimum atomic E-state index is -0.0112. The number of rotatable bonds is 7. The van der Waals surface area contributed by atoms with Gasteiger partial charge in [0.15, 0.2) is 0 Å². The first-order valence-electron chi connectivity index (χ1n) is 6.80. The van der Waals surface area contributed by atoms with Crippen LogP contribution in [-0.4, -0.2) is 18.5 Å². The number of amides is 1. The zero-order chi connectivity index (χ0) is 14.3. The van der Waals surface area contributed by atoms with Gasteiger partial charge in [-0.25, -0.2) is 0 Å². The first-order chi connectivity index (χ1) is 9.02. The summed E-state index contributed by atoms with van der Waals surface area (Å²) in [5.74, 6) is 0.678. The topological polar surface area (TPSA) is 41.1 Å². The van der Waals surface area contributed by atoms with Crippen molar-refractivity contribution in [3.8, 4) is 0 Å². The molecule has 0 radical (unpaired) electrons. The highest BCUT2D eigenvalue weighted by Gasteiger charge is 2.09. The molecule has 2 atom stereocenters. The first-order valence-corrected chi connectivity index (χ1v) is 7.60. The SMILES string of the molecule is CCC(C)CC(C)NCC(=O)Nc1ccccc1Br. The number of hydrogen-bond donors (Lipinski definition) is 2. The molecule has 1 aromatic carbocycles. The summed E-state index contributed by atoms with van der Waals surface area (Å²) >= 11 is 3.41. The van der Waals surface area contributed by atoms with E-state index in [9.17, 15) is 4.79 Å². The lowest BCUT2D eigenvalue weighted by atomic mass is 10.0. The summed E-state index contributed by atoms with van der Waals surface area (Å²) in [6, 6.07) is 7.98. The molecule has 2 N–H and O–H groups in total. The molecular weight excluding hydrogens is 304 g/mol. The zero-order valence-corrected chi connectivity index (χ0v) is 13.5. The molecule has 0 fully saturated rings. The van der Waals surface area contributed by atoms with Crippen LogP contribution in [0.4, 0.5) is 5.69 Å². The molecule has 0 aliphatic carbocycles. The second-order valence-corrected chi connectivity index (χ2v) is 5.91. The van der Waals surface area contributed by atoms with E-state index in [0.717, 1.165) is 16.6 Å². The average Bonchev–Trinajstić information content (AvgIpc) is 2.39. The summed E-state index contributed by atoms with van der Waals surface area (Å²) in [7, 11) is 0. The molecule has 0 saturated heterocycles. The predicted molar refractivity (Wildman–Crippen MR) is 84.3 cm³/mol. The molecule has 106 valence electrons. The van der Waals surface area contributed by atoms with Crippen molar-refractivity contribution in [2.45, 2.75) is 39.7 Å². The smallest absolute Gasteiger partial charge is 0.238 e. The predicted octanol–water partition coefficient (Wildman–Crippen LogP) is 3.80. The van der Waals surface area contributed by atoms with Gasteiger partial charge in [0.05, 0.1) is 12.2 Å². The molecule has 0 spiro atoms. The van der Waals surface area contributed by atoms with Gasteiger partial charge in [0.2, 0.25) is 5.91 Å². The van der Waals surface area contributed by atoms with E-state index in [-0.39, 0.29) is 5.91 Å². The number of para-hydroxylation sites is 1. The Morgan fingerprint density at radius 1 is 1.32 bits per heavy atom. The fraction of sp³-hybridized carbons (Fsp3) is 0.533. The van der Waals surface area contributed by atoms with Gasteiger partial charge in [0.1, 0.15) is 0 Å². The van der Waals surface area contributed by atoms with Crippen LogP contribution in [0.15, 0.2) is 28.7 Å². The van der Waals surface area contributed by atoms with Crippen LogP contribution in [0.3, 0.4) is 0 Å². The minimum Gasteiger partial charge on any atom is -0.324 e. The highest BCUT2D eigenvalue weighted by Crippen LogP contribution is 2.20. The molecule has 0 aliphatic rings. The minimum absolute atomic E-state index is 0.0112. The number of carbonyl (C=O) groups excluding carboxylic acids is 1. The van der Waals surface area contributed by atoms with E-state index in [2.05, 4.69) is 47.3 Å². The molecule has 19 heavy (non-hydrogen) atoms. The molecule has 1 rings (SSSR count). The van der Waals surface area contributed by atoms with Crippen LogP contribution in [0.25, 0.3) is 0 Å². The fourth-order valence-corrected chi connectivity index (χ4v) is 2.26. The Labute approximate surface area is 124 Å². The third kappa shape index (κ3) is 6.21. The summed E-state index contributed by atoms with van der Waals surface area (Å²) in [4.78, 5) is 11.8. The summed E-state index contributed by atoms with van der Waals surface area (Å²) in [5.41, 5.74) is 0.809. The lowest BCUT2D eigenvalue weighted by Gasteiger charge is -2.17. The van der Waals surface area contributed by atoms with E-state index < -0.39 is 0 Å². The Kier molecular flexibility index (Phi) is 7.10. The maximum absolute atomic E-state index is 11.8. The van der Waals surface area contributed by atoms with Gasteiger partial charge in [0.25, 0.3) is 0 Å². The summed E-state index contributed by atoms with van der Waals surface area (Å²) in [6.07, 6.45) is 2.27. The number of carbonyl (C=O) groups is 1. The lowest BCUT2D eigenvalue weighted by molar-refractivity contribution is -0.115. The monoisotopic (exact) mass is 326 g/mol. The largest absolute Gasteiger partial charge is 0.324 e. The van der Waals surface area contributed by atoms with E-state index in [1.807, 2.05) is 24.3 Å². The molecule has 2 unspecified atom stereocenters. The zero-order valence-electron chi connectivity index (χ0n) is 11.9. The Morgan fingerprint density at radius 2 is 2.00 bits per heavy atom. The molecule has 0 saturated carbocycles. The number of nitrogens with one attached hydrogen (secondary N) is 2. The standard InChI is InChI=1S/C15H23BrN2O/c1-4-11(2)9-12(3)17-10-15(19)18-14-8-6-5-7-13(14)16/h5-8,11-12,17H,4,9-10H2,1-3H3,(H,18,19). The Morgan fingerprint density at radius 3 is 2.63 bits per heavy atom. The van der Waals surface area contributed by atoms with Crippen molar-refractivity contribution >= 4 is 27.5 Å². The van der Waals surface area contributed by atoms with Crippen molar-refractivity contribution in [2.75, 3.05) is 11.9 Å².